The number of hydrogen-bond donors (Lipinski definition) is 1. The van der Waals surface area contributed by atoms with E-state index >= 15 is 0 Å². The molecule has 7 nitrogen and oxygen atoms in total. The summed E-state index contributed by atoms with van der Waals surface area (Å²) in [6.07, 6.45) is 2.00. The highest BCUT2D eigenvalue weighted by Gasteiger charge is 2.40. The van der Waals surface area contributed by atoms with Gasteiger partial charge in [0, 0.05) is 29.4 Å². The Labute approximate surface area is 219 Å². The van der Waals surface area contributed by atoms with Crippen LogP contribution in [0.5, 0.6) is 5.75 Å². The molecule has 1 N–H and O–H groups in total. The zero-order valence-electron chi connectivity index (χ0n) is 20.4. The highest BCUT2D eigenvalue weighted by atomic mass is 32.1. The summed E-state index contributed by atoms with van der Waals surface area (Å²) in [5.41, 5.74) is 1.08. The van der Waals surface area contributed by atoms with E-state index in [-0.39, 0.29) is 30.7 Å². The predicted octanol–water partition coefficient (Wildman–Crippen LogP) is 3.39. The van der Waals surface area contributed by atoms with Gasteiger partial charge in [0.25, 0.3) is 0 Å². The Bertz CT molecular complexity index is 1130. The number of nitrogens with zero attached hydrogens (tertiary/aromatic N) is 2. The van der Waals surface area contributed by atoms with E-state index < -0.39 is 6.04 Å². The number of benzene rings is 1. The first kappa shape index (κ1) is 25.9. The van der Waals surface area contributed by atoms with Crippen LogP contribution >= 0.6 is 22.7 Å². The molecule has 1 fully saturated rings. The van der Waals surface area contributed by atoms with Crippen molar-refractivity contribution in [1.29, 1.82) is 0 Å². The van der Waals surface area contributed by atoms with E-state index in [0.29, 0.717) is 38.9 Å². The molecule has 1 aliphatic heterocycles. The number of hydrogen-bond acceptors (Lipinski definition) is 6. The number of carbonyl (C=O) groups is 3. The minimum Gasteiger partial charge on any atom is -0.497 e. The van der Waals surface area contributed by atoms with Crippen LogP contribution in [0.2, 0.25) is 0 Å². The molecule has 0 aliphatic carbocycles. The molecule has 190 valence electrons. The predicted molar refractivity (Wildman–Crippen MR) is 142 cm³/mol. The molecule has 3 aromatic rings. The first-order chi connectivity index (χ1) is 17.5. The van der Waals surface area contributed by atoms with Crippen LogP contribution in [0.4, 0.5) is 0 Å². The summed E-state index contributed by atoms with van der Waals surface area (Å²) in [6, 6.07) is 14.9. The molecule has 3 heterocycles. The summed E-state index contributed by atoms with van der Waals surface area (Å²) in [5.74, 6) is 0.307. The molecule has 0 radical (unpaired) electrons. The molecule has 1 aromatic carbocycles. The van der Waals surface area contributed by atoms with Gasteiger partial charge in [-0.15, -0.1) is 22.7 Å². The van der Waals surface area contributed by atoms with Gasteiger partial charge in [-0.1, -0.05) is 24.3 Å². The van der Waals surface area contributed by atoms with Crippen molar-refractivity contribution in [2.45, 2.75) is 31.7 Å². The number of amides is 3. The summed E-state index contributed by atoms with van der Waals surface area (Å²) < 4.78 is 5.18. The zero-order chi connectivity index (χ0) is 25.3. The normalized spacial score (nSPS) is 15.9. The highest BCUT2D eigenvalue weighted by Crippen LogP contribution is 2.20. The Hall–Kier alpha value is -3.17. The lowest BCUT2D eigenvalue weighted by atomic mass is 10.0. The molecule has 36 heavy (non-hydrogen) atoms. The van der Waals surface area contributed by atoms with Crippen molar-refractivity contribution in [3.05, 3.63) is 74.6 Å². The summed E-state index contributed by atoms with van der Waals surface area (Å²) in [4.78, 5) is 44.9. The molecule has 3 amide bonds. The molecule has 0 saturated carbocycles. The monoisotopic (exact) mass is 525 g/mol. The van der Waals surface area contributed by atoms with Crippen LogP contribution in [0, 0.1) is 0 Å². The van der Waals surface area contributed by atoms with E-state index in [1.54, 1.807) is 39.6 Å². The van der Waals surface area contributed by atoms with E-state index in [2.05, 4.69) is 5.32 Å². The molecule has 9 heteroatoms. The molecule has 2 aromatic heterocycles. The number of piperazine rings is 1. The van der Waals surface area contributed by atoms with E-state index in [0.717, 1.165) is 16.2 Å². The van der Waals surface area contributed by atoms with Crippen molar-refractivity contribution >= 4 is 40.4 Å². The summed E-state index contributed by atoms with van der Waals surface area (Å²) >= 11 is 3.27. The van der Waals surface area contributed by atoms with Gasteiger partial charge >= 0.3 is 0 Å². The summed E-state index contributed by atoms with van der Waals surface area (Å²) in [6.45, 7) is 1.41. The zero-order valence-corrected chi connectivity index (χ0v) is 22.0. The molecule has 1 aliphatic rings. The summed E-state index contributed by atoms with van der Waals surface area (Å²) in [5, 5.41) is 6.93. The van der Waals surface area contributed by atoms with E-state index in [1.807, 2.05) is 59.3 Å². The van der Waals surface area contributed by atoms with Gasteiger partial charge < -0.3 is 19.9 Å². The van der Waals surface area contributed by atoms with Gasteiger partial charge in [-0.05, 0) is 59.9 Å². The third-order valence-electron chi connectivity index (χ3n) is 6.28. The second-order valence-electron chi connectivity index (χ2n) is 8.67. The Kier molecular flexibility index (Phi) is 9.13. The second kappa shape index (κ2) is 12.7. The molecule has 1 atom stereocenters. The maximum Gasteiger partial charge on any atom is 0.246 e. The number of thiophene rings is 2. The second-order valence-corrected chi connectivity index (χ2v) is 10.7. The Balaban J connectivity index is 1.37. The topological polar surface area (TPSA) is 79.0 Å². The van der Waals surface area contributed by atoms with Crippen molar-refractivity contribution in [3.8, 4) is 5.75 Å². The smallest absolute Gasteiger partial charge is 0.246 e. The third-order valence-corrected chi connectivity index (χ3v) is 8.15. The summed E-state index contributed by atoms with van der Waals surface area (Å²) in [7, 11) is 1.62. The van der Waals surface area contributed by atoms with Crippen molar-refractivity contribution in [3.63, 3.8) is 0 Å². The van der Waals surface area contributed by atoms with Crippen LogP contribution in [0.15, 0.2) is 59.3 Å². The van der Waals surface area contributed by atoms with Crippen LogP contribution < -0.4 is 10.1 Å². The first-order valence-corrected chi connectivity index (χ1v) is 13.8. The van der Waals surface area contributed by atoms with Crippen LogP contribution in [-0.2, 0) is 33.6 Å². The van der Waals surface area contributed by atoms with Gasteiger partial charge in [-0.25, -0.2) is 0 Å². The standard InChI is InChI=1S/C27H31N3O4S2/c1-34-21-8-6-20(7-9-21)10-13-28-25(31)18-24-27(33)29(14-11-22-4-2-16-35-22)19-26(32)30(24)15-12-23-5-3-17-36-23/h2-9,16-17,24H,10-15,18-19H2,1H3,(H,28,31). The van der Waals surface area contributed by atoms with Gasteiger partial charge in [0.05, 0.1) is 20.1 Å². The minimum absolute atomic E-state index is 0.0346. The third kappa shape index (κ3) is 6.95. The average Bonchev–Trinajstić information content (AvgIpc) is 3.60. The number of methoxy groups -OCH3 is 1. The van der Waals surface area contributed by atoms with Crippen molar-refractivity contribution in [2.75, 3.05) is 33.3 Å². The van der Waals surface area contributed by atoms with Crippen LogP contribution in [-0.4, -0.2) is 66.9 Å². The molecule has 1 saturated heterocycles. The van der Waals surface area contributed by atoms with Gasteiger partial charge in [-0.2, -0.15) is 0 Å². The van der Waals surface area contributed by atoms with Crippen LogP contribution in [0.25, 0.3) is 0 Å². The van der Waals surface area contributed by atoms with Gasteiger partial charge in [0.2, 0.25) is 17.7 Å². The fourth-order valence-corrected chi connectivity index (χ4v) is 5.69. The van der Waals surface area contributed by atoms with E-state index in [1.165, 1.54) is 4.88 Å². The maximum atomic E-state index is 13.4. The molecular formula is C27H31N3O4S2. The molecule has 0 bridgehead atoms. The quantitative estimate of drug-likeness (QED) is 0.393. The number of ether oxygens (including phenoxy) is 1. The van der Waals surface area contributed by atoms with Crippen molar-refractivity contribution < 1.29 is 19.1 Å². The van der Waals surface area contributed by atoms with E-state index in [9.17, 15) is 14.4 Å². The van der Waals surface area contributed by atoms with Crippen molar-refractivity contribution in [1.82, 2.24) is 15.1 Å². The van der Waals surface area contributed by atoms with Gasteiger partial charge in [0.1, 0.15) is 11.8 Å². The Morgan fingerprint density at radius 2 is 1.64 bits per heavy atom. The number of rotatable bonds is 12. The molecule has 4 rings (SSSR count). The minimum atomic E-state index is -0.782. The van der Waals surface area contributed by atoms with E-state index in [4.69, 9.17) is 4.74 Å². The maximum absolute atomic E-state index is 13.4. The largest absolute Gasteiger partial charge is 0.497 e. The Morgan fingerprint density at radius 1 is 0.972 bits per heavy atom. The number of carbonyl (C=O) groups excluding carboxylic acids is 3. The number of nitrogens with one attached hydrogen (secondary N) is 1. The molecule has 0 spiro atoms. The SMILES string of the molecule is COc1ccc(CCNC(=O)CC2C(=O)N(CCc3cccs3)CC(=O)N2CCc2cccs2)cc1. The lowest BCUT2D eigenvalue weighted by Gasteiger charge is -2.40. The lowest BCUT2D eigenvalue weighted by molar-refractivity contribution is -0.157. The molecule has 1 unspecified atom stereocenters. The fourth-order valence-electron chi connectivity index (χ4n) is 4.29. The van der Waals surface area contributed by atoms with Gasteiger partial charge in [-0.3, -0.25) is 14.4 Å². The highest BCUT2D eigenvalue weighted by molar-refractivity contribution is 7.10. The lowest BCUT2D eigenvalue weighted by Crippen LogP contribution is -2.61. The Morgan fingerprint density at radius 3 is 2.25 bits per heavy atom. The van der Waals surface area contributed by atoms with Crippen LogP contribution in [0.3, 0.4) is 0 Å². The first-order valence-electron chi connectivity index (χ1n) is 12.1. The van der Waals surface area contributed by atoms with Crippen molar-refractivity contribution in [2.24, 2.45) is 0 Å². The fraction of sp³-hybridized carbons (Fsp3) is 0.370. The molecular weight excluding hydrogens is 494 g/mol. The average molecular weight is 526 g/mol. The van der Waals surface area contributed by atoms with Gasteiger partial charge in [0.15, 0.2) is 0 Å². The van der Waals surface area contributed by atoms with Crippen LogP contribution in [0.1, 0.15) is 21.7 Å².